The van der Waals surface area contributed by atoms with Crippen molar-refractivity contribution in [3.63, 3.8) is 0 Å². The Morgan fingerprint density at radius 3 is 2.59 bits per heavy atom. The molecule has 3 rings (SSSR count). The third-order valence-electron chi connectivity index (χ3n) is 3.72. The number of nitrogens with one attached hydrogen (secondary N) is 1. The van der Waals surface area contributed by atoms with Crippen LogP contribution in [-0.4, -0.2) is 40.5 Å². The van der Waals surface area contributed by atoms with Crippen LogP contribution >= 0.6 is 0 Å². The van der Waals surface area contributed by atoms with Gasteiger partial charge in [-0.2, -0.15) is 18.3 Å². The summed E-state index contributed by atoms with van der Waals surface area (Å²) in [6.45, 7) is 0. The predicted molar refractivity (Wildman–Crippen MR) is 95.5 cm³/mol. The van der Waals surface area contributed by atoms with Crippen molar-refractivity contribution < 1.29 is 31.5 Å². The van der Waals surface area contributed by atoms with Crippen LogP contribution in [0.3, 0.4) is 0 Å². The molecular formula is C17H13F3N4O4S. The molecule has 152 valence electrons. The van der Waals surface area contributed by atoms with Crippen molar-refractivity contribution in [1.82, 2.24) is 14.8 Å². The van der Waals surface area contributed by atoms with Crippen LogP contribution in [-0.2, 0) is 16.0 Å². The molecular weight excluding hydrogens is 413 g/mol. The van der Waals surface area contributed by atoms with Gasteiger partial charge in [0, 0.05) is 18.1 Å². The summed E-state index contributed by atoms with van der Waals surface area (Å²) in [6, 6.07) is 6.76. The number of hydrogen-bond donors (Lipinski definition) is 2. The van der Waals surface area contributed by atoms with Crippen LogP contribution in [0.25, 0.3) is 5.82 Å². The highest BCUT2D eigenvalue weighted by Gasteiger charge is 2.32. The number of sulfone groups is 1. The number of carbonyl (C=O) groups is 1. The van der Waals surface area contributed by atoms with E-state index in [2.05, 4.69) is 15.4 Å². The minimum absolute atomic E-state index is 0.00167. The third-order valence-corrected chi connectivity index (χ3v) is 4.85. The van der Waals surface area contributed by atoms with Crippen LogP contribution in [0.4, 0.5) is 18.9 Å². The van der Waals surface area contributed by atoms with Crippen molar-refractivity contribution in [1.29, 1.82) is 0 Å². The van der Waals surface area contributed by atoms with Crippen LogP contribution in [0.1, 0.15) is 16.1 Å². The number of aromatic nitrogens is 3. The van der Waals surface area contributed by atoms with E-state index in [0.29, 0.717) is 0 Å². The van der Waals surface area contributed by atoms with Gasteiger partial charge < -0.3 is 10.4 Å². The van der Waals surface area contributed by atoms with Crippen LogP contribution in [0, 0.1) is 0 Å². The fourth-order valence-corrected chi connectivity index (χ4v) is 3.16. The van der Waals surface area contributed by atoms with E-state index >= 15 is 0 Å². The van der Waals surface area contributed by atoms with Crippen molar-refractivity contribution in [2.75, 3.05) is 11.6 Å². The van der Waals surface area contributed by atoms with Crippen molar-refractivity contribution in [3.05, 3.63) is 60.0 Å². The second-order valence-electron chi connectivity index (χ2n) is 5.96. The Morgan fingerprint density at radius 1 is 1.21 bits per heavy atom. The summed E-state index contributed by atoms with van der Waals surface area (Å²) in [5, 5.41) is 15.9. The van der Waals surface area contributed by atoms with E-state index in [0.717, 1.165) is 41.4 Å². The van der Waals surface area contributed by atoms with E-state index in [9.17, 15) is 31.5 Å². The minimum Gasteiger partial charge on any atom is -0.507 e. The number of benzene rings is 1. The van der Waals surface area contributed by atoms with Gasteiger partial charge in [0.05, 0.1) is 11.8 Å². The minimum atomic E-state index is -4.63. The lowest BCUT2D eigenvalue weighted by Gasteiger charge is -2.08. The van der Waals surface area contributed by atoms with Crippen LogP contribution in [0.5, 0.6) is 5.75 Å². The fraction of sp³-hybridized carbons (Fsp3) is 0.118. The normalized spacial score (nSPS) is 12.0. The highest BCUT2D eigenvalue weighted by atomic mass is 32.2. The zero-order valence-corrected chi connectivity index (χ0v) is 15.5. The van der Waals surface area contributed by atoms with Gasteiger partial charge in [0.15, 0.2) is 15.7 Å². The first-order chi connectivity index (χ1) is 13.4. The summed E-state index contributed by atoms with van der Waals surface area (Å²) in [7, 11) is -3.72. The molecule has 3 aromatic rings. The van der Waals surface area contributed by atoms with E-state index in [1.165, 1.54) is 18.3 Å². The number of nitrogens with zero attached hydrogens (tertiary/aromatic N) is 3. The van der Waals surface area contributed by atoms with E-state index in [1.807, 2.05) is 0 Å². The molecule has 8 nitrogen and oxygen atoms in total. The molecule has 0 saturated heterocycles. The number of alkyl halides is 3. The van der Waals surface area contributed by atoms with Gasteiger partial charge in [-0.15, -0.1) is 0 Å². The number of hydrogen-bond acceptors (Lipinski definition) is 6. The van der Waals surface area contributed by atoms with E-state index in [-0.39, 0.29) is 22.0 Å². The van der Waals surface area contributed by atoms with Gasteiger partial charge in [-0.25, -0.2) is 18.1 Å². The Bertz CT molecular complexity index is 1190. The largest absolute Gasteiger partial charge is 0.507 e. The van der Waals surface area contributed by atoms with E-state index in [1.54, 1.807) is 0 Å². The van der Waals surface area contributed by atoms with Gasteiger partial charge >= 0.3 is 6.18 Å². The maximum absolute atomic E-state index is 12.8. The van der Waals surface area contributed by atoms with Crippen LogP contribution < -0.4 is 5.32 Å². The molecule has 0 radical (unpaired) electrons. The maximum atomic E-state index is 12.8. The Kier molecular flexibility index (Phi) is 5.05. The molecule has 2 heterocycles. The molecule has 0 fully saturated rings. The SMILES string of the molecule is CS(=O)(=O)c1cc(NC(=O)c2cnn(-c3cccc(C(F)(F)F)n3)c2)ccc1O. The van der Waals surface area contributed by atoms with Gasteiger partial charge in [0.25, 0.3) is 5.91 Å². The molecule has 0 saturated carbocycles. The quantitative estimate of drug-likeness (QED) is 0.620. The Balaban J connectivity index is 1.84. The van der Waals surface area contributed by atoms with Crippen molar-refractivity contribution in [3.8, 4) is 11.6 Å². The topological polar surface area (TPSA) is 114 Å². The van der Waals surface area contributed by atoms with Crippen molar-refractivity contribution >= 4 is 21.4 Å². The Labute approximate surface area is 162 Å². The number of pyridine rings is 1. The van der Waals surface area contributed by atoms with Crippen molar-refractivity contribution in [2.45, 2.75) is 11.1 Å². The summed E-state index contributed by atoms with van der Waals surface area (Å²) in [5.41, 5.74) is -1.01. The Hall–Kier alpha value is -3.41. The van der Waals surface area contributed by atoms with Gasteiger partial charge in [-0.1, -0.05) is 6.07 Å². The molecule has 1 aromatic carbocycles. The molecule has 0 bridgehead atoms. The number of phenolic OH excluding ortho intramolecular Hbond substituents is 1. The smallest absolute Gasteiger partial charge is 0.433 e. The summed E-state index contributed by atoms with van der Waals surface area (Å²) < 4.78 is 62.7. The lowest BCUT2D eigenvalue weighted by Crippen LogP contribution is -2.12. The third kappa shape index (κ3) is 4.54. The number of rotatable bonds is 4. The first kappa shape index (κ1) is 20.3. The maximum Gasteiger partial charge on any atom is 0.433 e. The van der Waals surface area contributed by atoms with Crippen LogP contribution in [0.2, 0.25) is 0 Å². The predicted octanol–water partition coefficient (Wildman–Crippen LogP) is 2.65. The second-order valence-corrected chi connectivity index (χ2v) is 7.95. The van der Waals surface area contributed by atoms with Gasteiger partial charge in [-0.05, 0) is 30.3 Å². The molecule has 0 aliphatic heterocycles. The fourth-order valence-electron chi connectivity index (χ4n) is 2.37. The molecule has 2 aromatic heterocycles. The first-order valence-electron chi connectivity index (χ1n) is 7.89. The zero-order valence-electron chi connectivity index (χ0n) is 14.7. The summed E-state index contributed by atoms with van der Waals surface area (Å²) >= 11 is 0. The molecule has 0 atom stereocenters. The molecule has 0 unspecified atom stereocenters. The summed E-state index contributed by atoms with van der Waals surface area (Å²) in [4.78, 5) is 15.5. The van der Waals surface area contributed by atoms with E-state index < -0.39 is 33.4 Å². The average molecular weight is 426 g/mol. The molecule has 29 heavy (non-hydrogen) atoms. The lowest BCUT2D eigenvalue weighted by molar-refractivity contribution is -0.141. The molecule has 0 aliphatic rings. The Morgan fingerprint density at radius 2 is 1.93 bits per heavy atom. The molecule has 1 amide bonds. The monoisotopic (exact) mass is 426 g/mol. The first-order valence-corrected chi connectivity index (χ1v) is 9.78. The number of phenols is 1. The highest BCUT2D eigenvalue weighted by molar-refractivity contribution is 7.90. The summed E-state index contributed by atoms with van der Waals surface area (Å²) in [5.74, 6) is -1.29. The van der Waals surface area contributed by atoms with Gasteiger partial charge in [0.1, 0.15) is 16.3 Å². The number of halogens is 3. The molecule has 2 N–H and O–H groups in total. The zero-order chi connectivity index (χ0) is 21.4. The second kappa shape index (κ2) is 7.20. The standard InChI is InChI=1S/C17H13F3N4O4S/c1-29(27,28)13-7-11(5-6-12(13)25)22-16(26)10-8-21-24(9-10)15-4-2-3-14(23-15)17(18,19)20/h2-9,25H,1H3,(H,22,26). The highest BCUT2D eigenvalue weighted by Crippen LogP contribution is 2.28. The molecule has 0 aliphatic carbocycles. The van der Waals surface area contributed by atoms with Crippen LogP contribution in [0.15, 0.2) is 53.7 Å². The van der Waals surface area contributed by atoms with Crippen molar-refractivity contribution in [2.24, 2.45) is 0 Å². The number of amides is 1. The number of carbonyl (C=O) groups excluding carboxylic acids is 1. The van der Waals surface area contributed by atoms with Gasteiger partial charge in [-0.3, -0.25) is 4.79 Å². The van der Waals surface area contributed by atoms with Gasteiger partial charge in [0.2, 0.25) is 0 Å². The summed E-state index contributed by atoms with van der Waals surface area (Å²) in [6.07, 6.45) is -1.43. The van der Waals surface area contributed by atoms with E-state index in [4.69, 9.17) is 0 Å². The lowest BCUT2D eigenvalue weighted by atomic mass is 10.2. The average Bonchev–Trinajstić information content (AvgIpc) is 3.12. The number of anilines is 1. The number of aromatic hydroxyl groups is 1. The molecule has 12 heteroatoms. The molecule has 0 spiro atoms.